The molecule has 0 bridgehead atoms. The summed E-state index contributed by atoms with van der Waals surface area (Å²) in [7, 11) is 0. The van der Waals surface area contributed by atoms with E-state index in [0.29, 0.717) is 12.1 Å². The van der Waals surface area contributed by atoms with Crippen LogP contribution in [0.25, 0.3) is 0 Å². The molecule has 0 saturated carbocycles. The molecule has 3 nitrogen and oxygen atoms in total. The number of carbonyl (C=O) groups is 1. The number of amides is 1. The lowest BCUT2D eigenvalue weighted by molar-refractivity contribution is -0.126. The van der Waals surface area contributed by atoms with Crippen LogP contribution < -0.4 is 10.6 Å². The predicted molar refractivity (Wildman–Crippen MR) is 76.0 cm³/mol. The van der Waals surface area contributed by atoms with Gasteiger partial charge in [0.2, 0.25) is 5.91 Å². The summed E-state index contributed by atoms with van der Waals surface area (Å²) in [6, 6.07) is 9.35. The Hall–Kier alpha value is -1.35. The Bertz CT molecular complexity index is 439. The third-order valence-electron chi connectivity index (χ3n) is 4.43. The molecule has 3 heteroatoms. The average molecular weight is 258 g/mol. The molecule has 1 amide bonds. The molecule has 0 spiro atoms. The molecule has 2 unspecified atom stereocenters. The Kier molecular flexibility index (Phi) is 3.56. The van der Waals surface area contributed by atoms with E-state index in [4.69, 9.17) is 0 Å². The summed E-state index contributed by atoms with van der Waals surface area (Å²) in [6.07, 6.45) is 4.08. The molecule has 3 rings (SSSR count). The number of benzene rings is 1. The molecule has 1 heterocycles. The van der Waals surface area contributed by atoms with Crippen molar-refractivity contribution in [3.05, 3.63) is 35.4 Å². The second kappa shape index (κ2) is 5.33. The molecular formula is C16H22N2O. The molecule has 1 aromatic carbocycles. The maximum atomic E-state index is 12.3. The van der Waals surface area contributed by atoms with Crippen molar-refractivity contribution < 1.29 is 4.79 Å². The molecule has 2 N–H and O–H groups in total. The molecule has 1 fully saturated rings. The van der Waals surface area contributed by atoms with Gasteiger partial charge in [0.25, 0.3) is 0 Å². The summed E-state index contributed by atoms with van der Waals surface area (Å²) in [5.41, 5.74) is 2.78. The summed E-state index contributed by atoms with van der Waals surface area (Å²) in [5, 5.41) is 6.63. The lowest BCUT2D eigenvalue weighted by Gasteiger charge is -2.27. The smallest absolute Gasteiger partial charge is 0.224 e. The van der Waals surface area contributed by atoms with Crippen LogP contribution in [0.3, 0.4) is 0 Å². The highest BCUT2D eigenvalue weighted by Crippen LogP contribution is 2.22. The van der Waals surface area contributed by atoms with Crippen molar-refractivity contribution in [2.75, 3.05) is 6.54 Å². The maximum absolute atomic E-state index is 12.3. The van der Waals surface area contributed by atoms with Crippen molar-refractivity contribution in [2.45, 2.75) is 44.7 Å². The van der Waals surface area contributed by atoms with Gasteiger partial charge in [-0.1, -0.05) is 24.3 Å². The van der Waals surface area contributed by atoms with Gasteiger partial charge in [0.1, 0.15) is 0 Å². The van der Waals surface area contributed by atoms with Gasteiger partial charge in [-0.3, -0.25) is 4.79 Å². The minimum absolute atomic E-state index is 0.153. The number of carbonyl (C=O) groups excluding carboxylic acids is 1. The van der Waals surface area contributed by atoms with Crippen LogP contribution in [0.1, 0.15) is 30.9 Å². The van der Waals surface area contributed by atoms with E-state index >= 15 is 0 Å². The topological polar surface area (TPSA) is 41.1 Å². The number of rotatable bonds is 2. The van der Waals surface area contributed by atoms with Gasteiger partial charge in [0, 0.05) is 18.6 Å². The molecule has 1 aromatic rings. The first-order valence-electron chi connectivity index (χ1n) is 7.33. The van der Waals surface area contributed by atoms with Crippen LogP contribution in [0, 0.1) is 5.92 Å². The minimum Gasteiger partial charge on any atom is -0.352 e. The van der Waals surface area contributed by atoms with Crippen molar-refractivity contribution in [2.24, 2.45) is 5.92 Å². The lowest BCUT2D eigenvalue weighted by atomic mass is 9.94. The molecule has 1 aliphatic heterocycles. The minimum atomic E-state index is 0.153. The largest absolute Gasteiger partial charge is 0.352 e. The second-order valence-corrected chi connectivity index (χ2v) is 5.97. The Morgan fingerprint density at radius 3 is 2.47 bits per heavy atom. The first-order chi connectivity index (χ1) is 9.22. The molecule has 19 heavy (non-hydrogen) atoms. The van der Waals surface area contributed by atoms with Crippen LogP contribution in [0.2, 0.25) is 0 Å². The van der Waals surface area contributed by atoms with Crippen LogP contribution in [0.5, 0.6) is 0 Å². The van der Waals surface area contributed by atoms with E-state index in [0.717, 1.165) is 32.2 Å². The van der Waals surface area contributed by atoms with E-state index in [2.05, 4.69) is 41.8 Å². The standard InChI is InChI=1S/C16H22N2O/c1-11-6-7-14(10-17-11)16(19)18-15-8-12-4-2-3-5-13(12)9-15/h2-5,11,14-15,17H,6-10H2,1H3,(H,18,19). The fourth-order valence-electron chi connectivity index (χ4n) is 3.20. The quantitative estimate of drug-likeness (QED) is 0.847. The molecule has 2 aliphatic rings. The fraction of sp³-hybridized carbons (Fsp3) is 0.562. The number of nitrogens with one attached hydrogen (secondary N) is 2. The third kappa shape index (κ3) is 2.81. The highest BCUT2D eigenvalue weighted by molar-refractivity contribution is 5.79. The second-order valence-electron chi connectivity index (χ2n) is 5.97. The number of fused-ring (bicyclic) bond motifs is 1. The van der Waals surface area contributed by atoms with Gasteiger partial charge in [-0.25, -0.2) is 0 Å². The van der Waals surface area contributed by atoms with E-state index in [-0.39, 0.29) is 11.8 Å². The lowest BCUT2D eigenvalue weighted by Crippen LogP contribution is -2.46. The number of piperidine rings is 1. The van der Waals surface area contributed by atoms with Crippen molar-refractivity contribution >= 4 is 5.91 Å². The van der Waals surface area contributed by atoms with E-state index in [1.165, 1.54) is 11.1 Å². The molecule has 0 aromatic heterocycles. The Morgan fingerprint density at radius 1 is 1.21 bits per heavy atom. The zero-order chi connectivity index (χ0) is 13.2. The molecule has 1 saturated heterocycles. The van der Waals surface area contributed by atoms with Gasteiger partial charge in [0.05, 0.1) is 5.92 Å². The van der Waals surface area contributed by atoms with Gasteiger partial charge in [0.15, 0.2) is 0 Å². The van der Waals surface area contributed by atoms with Gasteiger partial charge in [-0.15, -0.1) is 0 Å². The van der Waals surface area contributed by atoms with Crippen LogP contribution >= 0.6 is 0 Å². The zero-order valence-corrected chi connectivity index (χ0v) is 11.5. The van der Waals surface area contributed by atoms with E-state index in [1.54, 1.807) is 0 Å². The van der Waals surface area contributed by atoms with Crippen LogP contribution in [-0.2, 0) is 17.6 Å². The maximum Gasteiger partial charge on any atom is 0.224 e. The van der Waals surface area contributed by atoms with Gasteiger partial charge < -0.3 is 10.6 Å². The predicted octanol–water partition coefficient (Wildman–Crippen LogP) is 1.66. The van der Waals surface area contributed by atoms with Crippen molar-refractivity contribution in [3.63, 3.8) is 0 Å². The molecular weight excluding hydrogens is 236 g/mol. The Morgan fingerprint density at radius 2 is 1.89 bits per heavy atom. The highest BCUT2D eigenvalue weighted by Gasteiger charge is 2.28. The van der Waals surface area contributed by atoms with Crippen molar-refractivity contribution in [3.8, 4) is 0 Å². The van der Waals surface area contributed by atoms with E-state index in [9.17, 15) is 4.79 Å². The Labute approximate surface area is 114 Å². The van der Waals surface area contributed by atoms with Gasteiger partial charge in [-0.05, 0) is 43.7 Å². The summed E-state index contributed by atoms with van der Waals surface area (Å²) >= 11 is 0. The van der Waals surface area contributed by atoms with Crippen molar-refractivity contribution in [1.29, 1.82) is 0 Å². The molecule has 0 radical (unpaired) electrons. The summed E-state index contributed by atoms with van der Waals surface area (Å²) < 4.78 is 0. The van der Waals surface area contributed by atoms with Crippen LogP contribution in [-0.4, -0.2) is 24.5 Å². The Balaban J connectivity index is 1.54. The summed E-state index contributed by atoms with van der Waals surface area (Å²) in [5.74, 6) is 0.386. The summed E-state index contributed by atoms with van der Waals surface area (Å²) in [4.78, 5) is 12.3. The summed E-state index contributed by atoms with van der Waals surface area (Å²) in [6.45, 7) is 3.01. The zero-order valence-electron chi connectivity index (χ0n) is 11.5. The number of hydrogen-bond acceptors (Lipinski definition) is 2. The SMILES string of the molecule is CC1CCC(C(=O)NC2Cc3ccccc3C2)CN1. The molecule has 1 aliphatic carbocycles. The van der Waals surface area contributed by atoms with Crippen LogP contribution in [0.15, 0.2) is 24.3 Å². The fourth-order valence-corrected chi connectivity index (χ4v) is 3.20. The van der Waals surface area contributed by atoms with Gasteiger partial charge in [-0.2, -0.15) is 0 Å². The first-order valence-corrected chi connectivity index (χ1v) is 7.33. The highest BCUT2D eigenvalue weighted by atomic mass is 16.2. The molecule has 102 valence electrons. The third-order valence-corrected chi connectivity index (χ3v) is 4.43. The van der Waals surface area contributed by atoms with Gasteiger partial charge >= 0.3 is 0 Å². The monoisotopic (exact) mass is 258 g/mol. The molecule has 2 atom stereocenters. The normalized spacial score (nSPS) is 27.0. The number of hydrogen-bond donors (Lipinski definition) is 2. The average Bonchev–Trinajstić information content (AvgIpc) is 2.81. The van der Waals surface area contributed by atoms with E-state index in [1.807, 2.05) is 0 Å². The van der Waals surface area contributed by atoms with Crippen molar-refractivity contribution in [1.82, 2.24) is 10.6 Å². The van der Waals surface area contributed by atoms with Crippen LogP contribution in [0.4, 0.5) is 0 Å². The first kappa shape index (κ1) is 12.7. The van der Waals surface area contributed by atoms with E-state index < -0.39 is 0 Å².